The maximum absolute atomic E-state index is 12.1. The molecule has 5 heteroatoms. The minimum Gasteiger partial charge on any atom is -0.461 e. The molecule has 0 fully saturated rings. The van der Waals surface area contributed by atoms with Gasteiger partial charge in [-0.15, -0.1) is 11.6 Å². The third-order valence-electron chi connectivity index (χ3n) is 4.28. The summed E-state index contributed by atoms with van der Waals surface area (Å²) in [5.74, 6) is -0.344. The van der Waals surface area contributed by atoms with Crippen molar-refractivity contribution in [1.29, 1.82) is 0 Å². The summed E-state index contributed by atoms with van der Waals surface area (Å²) in [4.78, 5) is 23.9. The Morgan fingerprint density at radius 1 is 0.862 bits per heavy atom. The van der Waals surface area contributed by atoms with Crippen LogP contribution in [-0.2, 0) is 27.4 Å². The standard InChI is InChI=1S/C24H21ClO4/c1-17(25)24(27)29-22-10-6-5-9-21(22)20-13-11-18(12-14-20)15-23(26)28-16-19-7-3-2-4-8-19/h2-14,17H,15-16H2,1H3. The molecule has 0 saturated carbocycles. The van der Waals surface area contributed by atoms with Gasteiger partial charge in [0.1, 0.15) is 17.7 Å². The van der Waals surface area contributed by atoms with E-state index in [1.807, 2.05) is 66.7 Å². The van der Waals surface area contributed by atoms with Gasteiger partial charge in [0.15, 0.2) is 0 Å². The summed E-state index contributed by atoms with van der Waals surface area (Å²) < 4.78 is 10.7. The fraction of sp³-hybridized carbons (Fsp3) is 0.167. The number of hydrogen-bond donors (Lipinski definition) is 0. The maximum Gasteiger partial charge on any atom is 0.329 e. The second-order valence-electron chi connectivity index (χ2n) is 6.55. The molecule has 0 aliphatic carbocycles. The van der Waals surface area contributed by atoms with Crippen LogP contribution in [0, 0.1) is 0 Å². The van der Waals surface area contributed by atoms with E-state index in [1.54, 1.807) is 19.1 Å². The lowest BCUT2D eigenvalue weighted by atomic mass is 10.0. The first-order chi connectivity index (χ1) is 14.0. The van der Waals surface area contributed by atoms with Gasteiger partial charge in [0, 0.05) is 5.56 Å². The number of ether oxygens (including phenoxy) is 2. The van der Waals surface area contributed by atoms with Gasteiger partial charge in [-0.3, -0.25) is 9.59 Å². The van der Waals surface area contributed by atoms with E-state index in [0.29, 0.717) is 5.75 Å². The molecule has 0 amide bonds. The van der Waals surface area contributed by atoms with Crippen molar-refractivity contribution in [1.82, 2.24) is 0 Å². The zero-order valence-corrected chi connectivity index (χ0v) is 16.8. The predicted molar refractivity (Wildman–Crippen MR) is 113 cm³/mol. The molecule has 3 aromatic carbocycles. The normalized spacial score (nSPS) is 11.5. The van der Waals surface area contributed by atoms with Crippen molar-refractivity contribution >= 4 is 23.5 Å². The molecule has 3 aromatic rings. The molecule has 0 saturated heterocycles. The quantitative estimate of drug-likeness (QED) is 0.307. The molecule has 0 radical (unpaired) electrons. The van der Waals surface area contributed by atoms with Crippen molar-refractivity contribution in [2.45, 2.75) is 25.3 Å². The minimum absolute atomic E-state index is 0.188. The molecule has 0 aliphatic rings. The van der Waals surface area contributed by atoms with Gasteiger partial charge in [0.05, 0.1) is 6.42 Å². The molecule has 1 atom stereocenters. The lowest BCUT2D eigenvalue weighted by Gasteiger charge is -2.11. The van der Waals surface area contributed by atoms with Crippen LogP contribution in [0.3, 0.4) is 0 Å². The highest BCUT2D eigenvalue weighted by molar-refractivity contribution is 6.29. The van der Waals surface area contributed by atoms with Crippen LogP contribution in [0.1, 0.15) is 18.1 Å². The second kappa shape index (κ2) is 9.89. The van der Waals surface area contributed by atoms with E-state index in [1.165, 1.54) is 0 Å². The molecule has 0 heterocycles. The number of halogens is 1. The number of benzene rings is 3. The summed E-state index contributed by atoms with van der Waals surface area (Å²) >= 11 is 5.79. The Kier molecular flexibility index (Phi) is 7.04. The van der Waals surface area contributed by atoms with Crippen LogP contribution in [0.4, 0.5) is 0 Å². The van der Waals surface area contributed by atoms with Gasteiger partial charge >= 0.3 is 11.9 Å². The molecule has 0 N–H and O–H groups in total. The number of hydrogen-bond acceptors (Lipinski definition) is 4. The maximum atomic E-state index is 12.1. The van der Waals surface area contributed by atoms with Crippen molar-refractivity contribution in [3.63, 3.8) is 0 Å². The number of carbonyl (C=O) groups excluding carboxylic acids is 2. The van der Waals surface area contributed by atoms with Gasteiger partial charge in [0.2, 0.25) is 0 Å². The van der Waals surface area contributed by atoms with Crippen LogP contribution in [-0.4, -0.2) is 17.3 Å². The van der Waals surface area contributed by atoms with Crippen LogP contribution in [0.15, 0.2) is 78.9 Å². The van der Waals surface area contributed by atoms with Gasteiger partial charge in [-0.05, 0) is 29.7 Å². The third kappa shape index (κ3) is 5.93. The number of carbonyl (C=O) groups is 2. The van der Waals surface area contributed by atoms with Crippen LogP contribution in [0.2, 0.25) is 0 Å². The molecule has 29 heavy (non-hydrogen) atoms. The van der Waals surface area contributed by atoms with Crippen LogP contribution >= 0.6 is 11.6 Å². The summed E-state index contributed by atoms with van der Waals surface area (Å²) in [5.41, 5.74) is 3.44. The highest BCUT2D eigenvalue weighted by Crippen LogP contribution is 2.30. The highest BCUT2D eigenvalue weighted by atomic mass is 35.5. The monoisotopic (exact) mass is 408 g/mol. The number of esters is 2. The van der Waals surface area contributed by atoms with Crippen molar-refractivity contribution < 1.29 is 19.1 Å². The van der Waals surface area contributed by atoms with E-state index in [2.05, 4.69) is 0 Å². The Morgan fingerprint density at radius 2 is 1.52 bits per heavy atom. The fourth-order valence-corrected chi connectivity index (χ4v) is 2.79. The van der Waals surface area contributed by atoms with E-state index in [0.717, 1.165) is 22.3 Å². The first-order valence-electron chi connectivity index (χ1n) is 9.26. The van der Waals surface area contributed by atoms with E-state index in [4.69, 9.17) is 21.1 Å². The zero-order chi connectivity index (χ0) is 20.6. The Bertz CT molecular complexity index is 966. The van der Waals surface area contributed by atoms with Gasteiger partial charge < -0.3 is 9.47 Å². The van der Waals surface area contributed by atoms with E-state index in [9.17, 15) is 9.59 Å². The van der Waals surface area contributed by atoms with E-state index in [-0.39, 0.29) is 19.0 Å². The van der Waals surface area contributed by atoms with E-state index >= 15 is 0 Å². The molecule has 0 aliphatic heterocycles. The van der Waals surface area contributed by atoms with Gasteiger partial charge in [0.25, 0.3) is 0 Å². The largest absolute Gasteiger partial charge is 0.461 e. The van der Waals surface area contributed by atoms with Crippen LogP contribution in [0.5, 0.6) is 5.75 Å². The SMILES string of the molecule is CC(Cl)C(=O)Oc1ccccc1-c1ccc(CC(=O)OCc2ccccc2)cc1. The van der Waals surface area contributed by atoms with Gasteiger partial charge in [-0.2, -0.15) is 0 Å². The molecule has 0 aromatic heterocycles. The number of alkyl halides is 1. The second-order valence-corrected chi connectivity index (χ2v) is 7.21. The summed E-state index contributed by atoms with van der Waals surface area (Å²) in [6.07, 6.45) is 0.188. The summed E-state index contributed by atoms with van der Waals surface area (Å²) in [5, 5.41) is -0.729. The first-order valence-corrected chi connectivity index (χ1v) is 9.70. The molecular weight excluding hydrogens is 388 g/mol. The van der Waals surface area contributed by atoms with Crippen molar-refractivity contribution in [3.8, 4) is 16.9 Å². The van der Waals surface area contributed by atoms with Crippen molar-refractivity contribution in [2.75, 3.05) is 0 Å². The lowest BCUT2D eigenvalue weighted by Crippen LogP contribution is -2.17. The average molecular weight is 409 g/mol. The molecule has 0 bridgehead atoms. The smallest absolute Gasteiger partial charge is 0.329 e. The van der Waals surface area contributed by atoms with Crippen LogP contribution in [0.25, 0.3) is 11.1 Å². The molecule has 3 rings (SSSR count). The minimum atomic E-state index is -0.729. The molecule has 0 spiro atoms. The van der Waals surface area contributed by atoms with Gasteiger partial charge in [-0.1, -0.05) is 72.8 Å². The fourth-order valence-electron chi connectivity index (χ4n) is 2.74. The van der Waals surface area contributed by atoms with Crippen molar-refractivity contribution in [3.05, 3.63) is 90.0 Å². The summed E-state index contributed by atoms with van der Waals surface area (Å²) in [6, 6.07) is 24.3. The highest BCUT2D eigenvalue weighted by Gasteiger charge is 2.15. The molecule has 1 unspecified atom stereocenters. The molecule has 4 nitrogen and oxygen atoms in total. The van der Waals surface area contributed by atoms with E-state index < -0.39 is 11.3 Å². The summed E-state index contributed by atoms with van der Waals surface area (Å²) in [6.45, 7) is 1.83. The van der Waals surface area contributed by atoms with Gasteiger partial charge in [-0.25, -0.2) is 0 Å². The Labute approximate surface area is 175 Å². The topological polar surface area (TPSA) is 52.6 Å². The molecular formula is C24H21ClO4. The zero-order valence-electron chi connectivity index (χ0n) is 16.0. The first kappa shape index (κ1) is 20.6. The molecule has 148 valence electrons. The number of para-hydroxylation sites is 1. The lowest BCUT2D eigenvalue weighted by molar-refractivity contribution is -0.144. The average Bonchev–Trinajstić information content (AvgIpc) is 2.74. The Balaban J connectivity index is 1.64. The number of rotatable bonds is 7. The Hall–Kier alpha value is -3.11. The van der Waals surface area contributed by atoms with Crippen LogP contribution < -0.4 is 4.74 Å². The summed E-state index contributed by atoms with van der Waals surface area (Å²) in [7, 11) is 0. The Morgan fingerprint density at radius 3 is 2.21 bits per heavy atom. The predicted octanol–water partition coefficient (Wildman–Crippen LogP) is 5.17. The third-order valence-corrected chi connectivity index (χ3v) is 4.46. The van der Waals surface area contributed by atoms with Crippen molar-refractivity contribution in [2.24, 2.45) is 0 Å².